The van der Waals surface area contributed by atoms with Gasteiger partial charge < -0.3 is 15.8 Å². The Labute approximate surface area is 184 Å². The Morgan fingerprint density at radius 1 is 1.13 bits per heavy atom. The van der Waals surface area contributed by atoms with Crippen molar-refractivity contribution >= 4 is 27.8 Å². The van der Waals surface area contributed by atoms with Gasteiger partial charge in [-0.05, 0) is 70.4 Å². The molecule has 1 aromatic rings. The van der Waals surface area contributed by atoms with Gasteiger partial charge in [-0.15, -0.1) is 0 Å². The summed E-state index contributed by atoms with van der Waals surface area (Å²) in [4.78, 5) is 25.1. The predicted molar refractivity (Wildman–Crippen MR) is 113 cm³/mol. The SMILES string of the molecule is CC(C)(C)OC(=O)NC1CC2CCC(C1)C2C(=O)C(N)C(F)(F)c1ccc(Br)cc1. The number of Topliss-reactive ketones (excluding diaryl/α,β-unsaturated/α-hetero) is 1. The Kier molecular flexibility index (Phi) is 6.58. The number of carbonyl (C=O) groups is 2. The first-order valence-corrected chi connectivity index (χ1v) is 11.1. The van der Waals surface area contributed by atoms with E-state index in [1.807, 2.05) is 0 Å². The van der Waals surface area contributed by atoms with Gasteiger partial charge in [0, 0.05) is 22.0 Å². The molecule has 2 fully saturated rings. The number of benzene rings is 1. The third kappa shape index (κ3) is 5.02. The average Bonchev–Trinajstić information content (AvgIpc) is 2.90. The molecule has 3 rings (SSSR count). The van der Waals surface area contributed by atoms with E-state index in [0.29, 0.717) is 17.3 Å². The molecule has 0 aromatic heterocycles. The van der Waals surface area contributed by atoms with Crippen LogP contribution >= 0.6 is 15.9 Å². The fourth-order valence-corrected chi connectivity index (χ4v) is 5.09. The largest absolute Gasteiger partial charge is 0.444 e. The van der Waals surface area contributed by atoms with Gasteiger partial charge in [0.15, 0.2) is 5.78 Å². The van der Waals surface area contributed by atoms with Crippen LogP contribution in [0.5, 0.6) is 0 Å². The number of nitrogens with two attached hydrogens (primary N) is 1. The van der Waals surface area contributed by atoms with Gasteiger partial charge in [-0.3, -0.25) is 4.79 Å². The zero-order valence-corrected chi connectivity index (χ0v) is 19.0. The number of alkyl halides is 2. The monoisotopic (exact) mass is 486 g/mol. The van der Waals surface area contributed by atoms with Gasteiger partial charge in [0.05, 0.1) is 0 Å². The molecular weight excluding hydrogens is 458 g/mol. The Morgan fingerprint density at radius 3 is 2.17 bits per heavy atom. The highest BCUT2D eigenvalue weighted by Gasteiger charge is 2.52. The van der Waals surface area contributed by atoms with Crippen molar-refractivity contribution in [2.75, 3.05) is 0 Å². The molecule has 0 heterocycles. The van der Waals surface area contributed by atoms with E-state index in [2.05, 4.69) is 21.2 Å². The topological polar surface area (TPSA) is 81.4 Å². The van der Waals surface area contributed by atoms with Crippen LogP contribution in [0.3, 0.4) is 0 Å². The Hall–Kier alpha value is -1.54. The second kappa shape index (κ2) is 8.54. The van der Waals surface area contributed by atoms with E-state index in [0.717, 1.165) is 12.8 Å². The Balaban J connectivity index is 1.66. The van der Waals surface area contributed by atoms with E-state index in [1.54, 1.807) is 20.8 Å². The van der Waals surface area contributed by atoms with E-state index >= 15 is 0 Å². The smallest absolute Gasteiger partial charge is 0.407 e. The Bertz CT molecular complexity index is 781. The van der Waals surface area contributed by atoms with Crippen LogP contribution in [0.4, 0.5) is 13.6 Å². The summed E-state index contributed by atoms with van der Waals surface area (Å²) in [5.74, 6) is -4.61. The van der Waals surface area contributed by atoms with Gasteiger partial charge in [0.2, 0.25) is 0 Å². The van der Waals surface area contributed by atoms with Gasteiger partial charge in [0.1, 0.15) is 11.6 Å². The molecule has 2 aliphatic carbocycles. The number of hydrogen-bond donors (Lipinski definition) is 2. The lowest BCUT2D eigenvalue weighted by atomic mass is 9.72. The third-order valence-corrected chi connectivity index (χ3v) is 6.60. The van der Waals surface area contributed by atoms with E-state index in [4.69, 9.17) is 10.5 Å². The van der Waals surface area contributed by atoms with Crippen molar-refractivity contribution in [3.63, 3.8) is 0 Å². The number of ketones is 1. The normalized spacial score (nSPS) is 27.4. The van der Waals surface area contributed by atoms with Crippen molar-refractivity contribution in [1.29, 1.82) is 0 Å². The Morgan fingerprint density at radius 2 is 1.67 bits per heavy atom. The van der Waals surface area contributed by atoms with Crippen molar-refractivity contribution in [2.24, 2.45) is 23.5 Å². The lowest BCUT2D eigenvalue weighted by Gasteiger charge is -2.37. The van der Waals surface area contributed by atoms with E-state index in [-0.39, 0.29) is 23.4 Å². The summed E-state index contributed by atoms with van der Waals surface area (Å²) in [5, 5.41) is 2.87. The number of hydrogen-bond acceptors (Lipinski definition) is 4. The summed E-state index contributed by atoms with van der Waals surface area (Å²) in [6, 6.07) is 3.59. The van der Waals surface area contributed by atoms with Crippen LogP contribution in [0, 0.1) is 17.8 Å². The fraction of sp³-hybridized carbons (Fsp3) is 0.636. The fourth-order valence-electron chi connectivity index (χ4n) is 4.82. The van der Waals surface area contributed by atoms with Crippen LogP contribution in [-0.2, 0) is 15.5 Å². The number of alkyl carbamates (subject to hydrolysis) is 1. The van der Waals surface area contributed by atoms with Crippen molar-refractivity contribution < 1.29 is 23.1 Å². The van der Waals surface area contributed by atoms with Crippen LogP contribution in [0.1, 0.15) is 52.0 Å². The molecule has 0 aliphatic heterocycles. The molecule has 2 saturated carbocycles. The van der Waals surface area contributed by atoms with Crippen molar-refractivity contribution in [2.45, 2.75) is 70.1 Å². The zero-order chi connectivity index (χ0) is 22.3. The predicted octanol–water partition coefficient (Wildman–Crippen LogP) is 4.77. The first kappa shape index (κ1) is 23.1. The molecule has 3 atom stereocenters. The quantitative estimate of drug-likeness (QED) is 0.627. The van der Waals surface area contributed by atoms with Gasteiger partial charge in [-0.25, -0.2) is 4.79 Å². The van der Waals surface area contributed by atoms with E-state index < -0.39 is 35.4 Å². The summed E-state index contributed by atoms with van der Waals surface area (Å²) in [5.41, 5.74) is 4.97. The van der Waals surface area contributed by atoms with Crippen LogP contribution in [0.15, 0.2) is 28.7 Å². The maximum Gasteiger partial charge on any atom is 0.407 e. The molecule has 2 aliphatic rings. The summed E-state index contributed by atoms with van der Waals surface area (Å²) in [6.07, 6.45) is 2.22. The first-order valence-electron chi connectivity index (χ1n) is 10.3. The summed E-state index contributed by atoms with van der Waals surface area (Å²) >= 11 is 3.22. The van der Waals surface area contributed by atoms with Crippen LogP contribution < -0.4 is 11.1 Å². The molecule has 5 nitrogen and oxygen atoms in total. The molecule has 1 amide bonds. The van der Waals surface area contributed by atoms with Crippen molar-refractivity contribution in [1.82, 2.24) is 5.32 Å². The number of carbonyl (C=O) groups excluding carboxylic acids is 2. The minimum absolute atomic E-state index is 0.0528. The highest BCUT2D eigenvalue weighted by molar-refractivity contribution is 9.10. The van der Waals surface area contributed by atoms with Crippen LogP contribution in [-0.4, -0.2) is 29.6 Å². The molecule has 3 unspecified atom stereocenters. The van der Waals surface area contributed by atoms with Crippen LogP contribution in [0.25, 0.3) is 0 Å². The molecule has 8 heteroatoms. The minimum Gasteiger partial charge on any atom is -0.444 e. The van der Waals surface area contributed by atoms with Gasteiger partial charge in [0.25, 0.3) is 5.92 Å². The van der Waals surface area contributed by atoms with Crippen molar-refractivity contribution in [3.05, 3.63) is 34.3 Å². The molecule has 2 bridgehead atoms. The van der Waals surface area contributed by atoms with Gasteiger partial charge in [-0.2, -0.15) is 8.78 Å². The number of ether oxygens (including phenoxy) is 1. The van der Waals surface area contributed by atoms with E-state index in [9.17, 15) is 18.4 Å². The lowest BCUT2D eigenvalue weighted by molar-refractivity contribution is -0.138. The number of nitrogens with one attached hydrogen (secondary N) is 1. The van der Waals surface area contributed by atoms with Crippen molar-refractivity contribution in [3.8, 4) is 0 Å². The molecule has 30 heavy (non-hydrogen) atoms. The maximum atomic E-state index is 14.9. The molecule has 1 aromatic carbocycles. The number of fused-ring (bicyclic) bond motifs is 2. The molecule has 0 saturated heterocycles. The standard InChI is InChI=1S/C22H29BrF2N2O3/c1-21(2,3)30-20(29)27-16-10-12-4-5-13(11-16)17(12)18(28)19(26)22(24,25)14-6-8-15(23)9-7-14/h6-9,12-13,16-17,19H,4-5,10-11,26H2,1-3H3,(H,27,29). The van der Waals surface area contributed by atoms with Gasteiger partial charge in [-0.1, -0.05) is 28.1 Å². The highest BCUT2D eigenvalue weighted by atomic mass is 79.9. The number of rotatable bonds is 5. The third-order valence-electron chi connectivity index (χ3n) is 6.07. The number of amides is 1. The number of halogens is 3. The first-order chi connectivity index (χ1) is 13.9. The second-order valence-corrected chi connectivity index (χ2v) is 10.4. The summed E-state index contributed by atoms with van der Waals surface area (Å²) < 4.78 is 35.8. The maximum absolute atomic E-state index is 14.9. The summed E-state index contributed by atoms with van der Waals surface area (Å²) in [6.45, 7) is 5.37. The van der Waals surface area contributed by atoms with Gasteiger partial charge >= 0.3 is 6.09 Å². The summed E-state index contributed by atoms with van der Waals surface area (Å²) in [7, 11) is 0. The molecule has 0 spiro atoms. The minimum atomic E-state index is -3.44. The lowest BCUT2D eigenvalue weighted by Crippen LogP contribution is -2.52. The molecular formula is C22H29BrF2N2O3. The molecule has 0 radical (unpaired) electrons. The average molecular weight is 487 g/mol. The zero-order valence-electron chi connectivity index (χ0n) is 17.5. The van der Waals surface area contributed by atoms with E-state index in [1.165, 1.54) is 24.3 Å². The second-order valence-electron chi connectivity index (χ2n) is 9.45. The van der Waals surface area contributed by atoms with Crippen LogP contribution in [0.2, 0.25) is 0 Å². The highest BCUT2D eigenvalue weighted by Crippen LogP contribution is 2.49. The molecule has 3 N–H and O–H groups in total. The molecule has 166 valence electrons.